The van der Waals surface area contributed by atoms with Crippen molar-refractivity contribution in [3.8, 4) is 28.6 Å². The normalized spacial score (nSPS) is 22.0. The summed E-state index contributed by atoms with van der Waals surface area (Å²) in [7, 11) is 0. The number of carbonyl (C=O) groups excluding carboxylic acids is 3. The Hall–Kier alpha value is -4.70. The fourth-order valence-electron chi connectivity index (χ4n) is 5.48. The summed E-state index contributed by atoms with van der Waals surface area (Å²) in [6.45, 7) is 12.1. The summed E-state index contributed by atoms with van der Waals surface area (Å²) in [4.78, 5) is 52.8. The molecule has 0 bridgehead atoms. The minimum atomic E-state index is -2.02. The molecule has 15 heteroatoms. The number of hydrogen-bond donors (Lipinski definition) is 7. The standard InChI is InChI=1S/C36H46N2O13/c1-16(2)13-19(34(47)51-36(5,6)7)37-32(45)25(17(3)4)38-33(46)31-29(43)28(42)30(44)35(50-31)49-23-15-22-24(27(41)26(23)40)20(39)14-21(48-22)18-11-9-8-10-12-18/h8-12,14-17,19,25,28-31,35,40-44H,13H2,1-7H3,(H,37,45)(H,38,46)/t19-,25-,28+,29+,30-,31-,35-/m1/s1. The highest BCUT2D eigenvalue weighted by molar-refractivity contribution is 5.92. The first-order chi connectivity index (χ1) is 23.8. The second kappa shape index (κ2) is 15.7. The van der Waals surface area contributed by atoms with Gasteiger partial charge >= 0.3 is 5.97 Å². The molecule has 51 heavy (non-hydrogen) atoms. The molecule has 0 unspecified atom stereocenters. The molecule has 3 aromatic rings. The van der Waals surface area contributed by atoms with Gasteiger partial charge in [0.1, 0.15) is 52.7 Å². The second-order valence-electron chi connectivity index (χ2n) is 14.3. The number of aromatic hydroxyl groups is 2. The first-order valence-electron chi connectivity index (χ1n) is 16.6. The highest BCUT2D eigenvalue weighted by Crippen LogP contribution is 2.42. The first kappa shape index (κ1) is 39.1. The van der Waals surface area contributed by atoms with Crippen molar-refractivity contribution in [2.75, 3.05) is 0 Å². The molecule has 0 radical (unpaired) electrons. The molecule has 1 fully saturated rings. The molecule has 2 aromatic carbocycles. The Morgan fingerprint density at radius 3 is 2.14 bits per heavy atom. The summed E-state index contributed by atoms with van der Waals surface area (Å²) in [5.41, 5.74) is -1.16. The van der Waals surface area contributed by atoms with Crippen molar-refractivity contribution >= 4 is 28.8 Å². The molecule has 278 valence electrons. The Morgan fingerprint density at radius 1 is 0.902 bits per heavy atom. The van der Waals surface area contributed by atoms with E-state index < -0.39 is 94.8 Å². The van der Waals surface area contributed by atoms with Crippen LogP contribution >= 0.6 is 0 Å². The fraction of sp³-hybridized carbons (Fsp3) is 0.500. The van der Waals surface area contributed by atoms with E-state index in [9.17, 15) is 44.7 Å². The van der Waals surface area contributed by atoms with Crippen molar-refractivity contribution in [2.24, 2.45) is 11.8 Å². The fourth-order valence-corrected chi connectivity index (χ4v) is 5.48. The maximum Gasteiger partial charge on any atom is 0.329 e. The van der Waals surface area contributed by atoms with Gasteiger partial charge in [-0.05, 0) is 39.0 Å². The van der Waals surface area contributed by atoms with Crippen molar-refractivity contribution in [1.82, 2.24) is 10.6 Å². The zero-order valence-corrected chi connectivity index (χ0v) is 29.4. The van der Waals surface area contributed by atoms with Gasteiger partial charge in [0.15, 0.2) is 23.0 Å². The van der Waals surface area contributed by atoms with Crippen LogP contribution in [0.25, 0.3) is 22.3 Å². The van der Waals surface area contributed by atoms with Gasteiger partial charge in [0.25, 0.3) is 5.91 Å². The van der Waals surface area contributed by atoms with Crippen molar-refractivity contribution in [2.45, 2.75) is 103 Å². The average Bonchev–Trinajstić information content (AvgIpc) is 3.04. The number of amides is 2. The van der Waals surface area contributed by atoms with Crippen molar-refractivity contribution in [3.05, 3.63) is 52.7 Å². The maximum atomic E-state index is 13.5. The van der Waals surface area contributed by atoms with E-state index in [2.05, 4.69) is 10.6 Å². The molecule has 7 N–H and O–H groups in total. The Bertz CT molecular complexity index is 1780. The molecular weight excluding hydrogens is 668 g/mol. The number of rotatable bonds is 11. The van der Waals surface area contributed by atoms with Gasteiger partial charge in [-0.25, -0.2) is 4.79 Å². The van der Waals surface area contributed by atoms with Gasteiger partial charge in [-0.3, -0.25) is 14.4 Å². The van der Waals surface area contributed by atoms with E-state index in [1.807, 2.05) is 13.8 Å². The smallest absolute Gasteiger partial charge is 0.329 e. The lowest BCUT2D eigenvalue weighted by Gasteiger charge is -2.40. The van der Waals surface area contributed by atoms with E-state index >= 15 is 0 Å². The van der Waals surface area contributed by atoms with Crippen LogP contribution in [-0.2, 0) is 23.9 Å². The summed E-state index contributed by atoms with van der Waals surface area (Å²) in [6.07, 6.45) is -9.61. The molecule has 2 heterocycles. The van der Waals surface area contributed by atoms with Gasteiger partial charge in [-0.15, -0.1) is 0 Å². The number of ether oxygens (including phenoxy) is 3. The summed E-state index contributed by atoms with van der Waals surface area (Å²) in [6, 6.07) is 8.49. The summed E-state index contributed by atoms with van der Waals surface area (Å²) in [5.74, 6) is -5.24. The van der Waals surface area contributed by atoms with Crippen LogP contribution in [-0.4, -0.2) is 91.7 Å². The van der Waals surface area contributed by atoms with Crippen molar-refractivity contribution in [1.29, 1.82) is 0 Å². The molecule has 1 saturated heterocycles. The number of fused-ring (bicyclic) bond motifs is 1. The highest BCUT2D eigenvalue weighted by Gasteiger charge is 2.49. The molecule has 0 spiro atoms. The number of aliphatic hydroxyl groups is 3. The van der Waals surface area contributed by atoms with Crippen LogP contribution in [0.4, 0.5) is 0 Å². The zero-order valence-electron chi connectivity index (χ0n) is 29.4. The third-order valence-electron chi connectivity index (χ3n) is 8.02. The predicted octanol–water partition coefficient (Wildman–Crippen LogP) is 2.07. The predicted molar refractivity (Wildman–Crippen MR) is 183 cm³/mol. The number of hydrogen-bond acceptors (Lipinski definition) is 13. The molecule has 2 amide bonds. The molecule has 1 aliphatic rings. The summed E-state index contributed by atoms with van der Waals surface area (Å²) < 4.78 is 22.5. The van der Waals surface area contributed by atoms with Crippen LogP contribution < -0.4 is 20.8 Å². The van der Waals surface area contributed by atoms with E-state index in [0.717, 1.165) is 12.1 Å². The first-order valence-corrected chi connectivity index (χ1v) is 16.6. The van der Waals surface area contributed by atoms with Gasteiger partial charge in [-0.1, -0.05) is 58.0 Å². The number of phenolic OH excluding ortho intramolecular Hbond substituents is 2. The molecular formula is C36H46N2O13. The zero-order chi connectivity index (χ0) is 37.9. The Morgan fingerprint density at radius 2 is 1.55 bits per heavy atom. The van der Waals surface area contributed by atoms with Gasteiger partial charge in [0, 0.05) is 17.7 Å². The lowest BCUT2D eigenvalue weighted by atomic mass is 9.96. The average molecular weight is 715 g/mol. The van der Waals surface area contributed by atoms with Crippen LogP contribution in [0.3, 0.4) is 0 Å². The number of aliphatic hydroxyl groups excluding tert-OH is 3. The Kier molecular flexibility index (Phi) is 12.0. The number of nitrogens with one attached hydrogen (secondary N) is 2. The van der Waals surface area contributed by atoms with Crippen LogP contribution in [0.15, 0.2) is 51.7 Å². The van der Waals surface area contributed by atoms with Crippen LogP contribution in [0.2, 0.25) is 0 Å². The quantitative estimate of drug-likeness (QED) is 0.111. The monoisotopic (exact) mass is 714 g/mol. The minimum absolute atomic E-state index is 0.00330. The van der Waals surface area contributed by atoms with Crippen molar-refractivity contribution < 1.29 is 58.5 Å². The number of carbonyl (C=O) groups is 3. The van der Waals surface area contributed by atoms with Crippen LogP contribution in [0, 0.1) is 11.8 Å². The molecule has 7 atom stereocenters. The highest BCUT2D eigenvalue weighted by atomic mass is 16.7. The molecule has 1 aliphatic heterocycles. The lowest BCUT2D eigenvalue weighted by Crippen LogP contribution is -2.64. The lowest BCUT2D eigenvalue weighted by molar-refractivity contribution is -0.267. The van der Waals surface area contributed by atoms with E-state index in [1.54, 1.807) is 65.0 Å². The molecule has 0 saturated carbocycles. The van der Waals surface area contributed by atoms with E-state index in [4.69, 9.17) is 18.6 Å². The number of benzene rings is 2. The number of phenols is 2. The summed E-state index contributed by atoms with van der Waals surface area (Å²) >= 11 is 0. The number of esters is 1. The Balaban J connectivity index is 1.57. The van der Waals surface area contributed by atoms with E-state index in [0.29, 0.717) is 5.56 Å². The third-order valence-corrected chi connectivity index (χ3v) is 8.02. The largest absolute Gasteiger partial charge is 0.504 e. The minimum Gasteiger partial charge on any atom is -0.504 e. The summed E-state index contributed by atoms with van der Waals surface area (Å²) in [5, 5.41) is 58.3. The van der Waals surface area contributed by atoms with Crippen LogP contribution in [0.5, 0.6) is 17.2 Å². The van der Waals surface area contributed by atoms with Gasteiger partial charge in [-0.2, -0.15) is 0 Å². The second-order valence-corrected chi connectivity index (χ2v) is 14.3. The van der Waals surface area contributed by atoms with Gasteiger partial charge in [0.2, 0.25) is 17.9 Å². The molecule has 0 aliphatic carbocycles. The van der Waals surface area contributed by atoms with E-state index in [1.165, 1.54) is 0 Å². The molecule has 1 aromatic heterocycles. The maximum absolute atomic E-state index is 13.5. The van der Waals surface area contributed by atoms with Crippen molar-refractivity contribution in [3.63, 3.8) is 0 Å². The van der Waals surface area contributed by atoms with Crippen LogP contribution in [0.1, 0.15) is 54.9 Å². The van der Waals surface area contributed by atoms with E-state index in [-0.39, 0.29) is 29.1 Å². The topological polar surface area (TPSA) is 234 Å². The SMILES string of the molecule is CC(C)C[C@@H](NC(=O)[C@H](NC(=O)[C@@H]1O[C@@H](Oc2cc3oc(-c4ccccc4)cc(=O)c3c(O)c2O)[C@H](O)[C@@H](O)[C@@H]1O)C(C)C)C(=O)OC(C)(C)C. The van der Waals surface area contributed by atoms with Gasteiger partial charge in [0.05, 0.1) is 0 Å². The van der Waals surface area contributed by atoms with Gasteiger partial charge < -0.3 is 54.8 Å². The Labute approximate surface area is 294 Å². The third kappa shape index (κ3) is 9.16. The molecule has 15 nitrogen and oxygen atoms in total. The molecule has 4 rings (SSSR count).